The Bertz CT molecular complexity index is 1240. The first-order valence-corrected chi connectivity index (χ1v) is 9.67. The molecule has 0 saturated carbocycles. The number of anilines is 1. The van der Waals surface area contributed by atoms with Gasteiger partial charge >= 0.3 is 5.97 Å². The van der Waals surface area contributed by atoms with E-state index in [9.17, 15) is 9.59 Å². The summed E-state index contributed by atoms with van der Waals surface area (Å²) in [6, 6.07) is 21.8. The Kier molecular flexibility index (Phi) is 5.50. The van der Waals surface area contributed by atoms with Crippen LogP contribution in [0.2, 0.25) is 5.02 Å². The molecule has 150 valence electrons. The number of nitrogens with one attached hydrogen (secondary N) is 1. The van der Waals surface area contributed by atoms with Crippen LogP contribution in [-0.4, -0.2) is 28.0 Å². The molecular weight excluding hydrogens is 402 g/mol. The van der Waals surface area contributed by atoms with Crippen LogP contribution in [0.4, 0.5) is 5.69 Å². The molecule has 0 atom stereocenters. The van der Waals surface area contributed by atoms with Crippen LogP contribution in [0.1, 0.15) is 16.2 Å². The van der Waals surface area contributed by atoms with Crippen LogP contribution in [0.3, 0.4) is 0 Å². The van der Waals surface area contributed by atoms with Crippen molar-refractivity contribution in [1.82, 2.24) is 9.55 Å². The maximum atomic E-state index is 12.4. The van der Waals surface area contributed by atoms with Crippen LogP contribution >= 0.6 is 11.6 Å². The summed E-state index contributed by atoms with van der Waals surface area (Å²) in [7, 11) is 0. The Labute approximate surface area is 178 Å². The highest BCUT2D eigenvalue weighted by atomic mass is 35.5. The van der Waals surface area contributed by atoms with E-state index in [-0.39, 0.29) is 0 Å². The Morgan fingerprint density at radius 1 is 1.03 bits per heavy atom. The number of imidazole rings is 1. The number of carbonyl (C=O) groups excluding carboxylic acids is 2. The van der Waals surface area contributed by atoms with Gasteiger partial charge in [-0.3, -0.25) is 9.36 Å². The van der Waals surface area contributed by atoms with Crippen molar-refractivity contribution in [3.63, 3.8) is 0 Å². The molecule has 3 aromatic carbocycles. The van der Waals surface area contributed by atoms with E-state index >= 15 is 0 Å². The molecule has 0 aliphatic heterocycles. The Balaban J connectivity index is 1.48. The Morgan fingerprint density at radius 2 is 1.77 bits per heavy atom. The number of benzene rings is 3. The van der Waals surface area contributed by atoms with Crippen molar-refractivity contribution in [1.29, 1.82) is 0 Å². The van der Waals surface area contributed by atoms with Gasteiger partial charge in [0.2, 0.25) is 0 Å². The lowest BCUT2D eigenvalue weighted by molar-refractivity contribution is -0.119. The van der Waals surface area contributed by atoms with Crippen LogP contribution in [-0.2, 0) is 9.53 Å². The number of amides is 1. The first-order chi connectivity index (χ1) is 14.5. The maximum absolute atomic E-state index is 12.4. The monoisotopic (exact) mass is 419 g/mol. The van der Waals surface area contributed by atoms with E-state index in [2.05, 4.69) is 10.3 Å². The maximum Gasteiger partial charge on any atom is 0.338 e. The van der Waals surface area contributed by atoms with Crippen molar-refractivity contribution in [2.45, 2.75) is 6.92 Å². The molecule has 4 rings (SSSR count). The van der Waals surface area contributed by atoms with Crippen LogP contribution in [0.25, 0.3) is 16.7 Å². The number of aryl methyl sites for hydroxylation is 1. The molecule has 7 heteroatoms. The third-order valence-corrected chi connectivity index (χ3v) is 4.88. The molecule has 0 spiro atoms. The third-order valence-electron chi connectivity index (χ3n) is 4.55. The highest BCUT2D eigenvalue weighted by molar-refractivity contribution is 6.33. The first-order valence-electron chi connectivity index (χ1n) is 9.29. The minimum absolute atomic E-state index is 0.325. The van der Waals surface area contributed by atoms with Gasteiger partial charge in [0.15, 0.2) is 6.61 Å². The highest BCUT2D eigenvalue weighted by Gasteiger charge is 2.15. The highest BCUT2D eigenvalue weighted by Crippen LogP contribution is 2.23. The van der Waals surface area contributed by atoms with Gasteiger partial charge in [-0.2, -0.15) is 0 Å². The van der Waals surface area contributed by atoms with Gasteiger partial charge in [-0.25, -0.2) is 9.78 Å². The van der Waals surface area contributed by atoms with E-state index in [0.717, 1.165) is 17.0 Å². The predicted octanol–water partition coefficient (Wildman–Crippen LogP) is 4.78. The lowest BCUT2D eigenvalue weighted by Crippen LogP contribution is -2.21. The average Bonchev–Trinajstić information content (AvgIpc) is 3.09. The fourth-order valence-corrected chi connectivity index (χ4v) is 3.38. The average molecular weight is 420 g/mol. The zero-order chi connectivity index (χ0) is 21.1. The van der Waals surface area contributed by atoms with Crippen molar-refractivity contribution in [3.05, 3.63) is 89.2 Å². The topological polar surface area (TPSA) is 73.2 Å². The standard InChI is InChI=1S/C23H18ClN3O3/c1-15-25-20-13-16(11-12-21(20)27(15)17-7-3-2-4-8-17)23(29)30-14-22(28)26-19-10-6-5-9-18(19)24/h2-13H,14H2,1H3,(H,26,28). The zero-order valence-electron chi connectivity index (χ0n) is 16.1. The van der Waals surface area contributed by atoms with Crippen LogP contribution in [0.5, 0.6) is 0 Å². The lowest BCUT2D eigenvalue weighted by atomic mass is 10.2. The molecule has 0 unspecified atom stereocenters. The first kappa shape index (κ1) is 19.7. The molecule has 4 aromatic rings. The zero-order valence-corrected chi connectivity index (χ0v) is 16.9. The van der Waals surface area contributed by atoms with E-state index in [4.69, 9.17) is 16.3 Å². The molecule has 0 radical (unpaired) electrons. The predicted molar refractivity (Wildman–Crippen MR) is 116 cm³/mol. The van der Waals surface area contributed by atoms with E-state index in [1.807, 2.05) is 47.9 Å². The van der Waals surface area contributed by atoms with Gasteiger partial charge in [0.1, 0.15) is 5.82 Å². The number of hydrogen-bond donors (Lipinski definition) is 1. The Morgan fingerprint density at radius 3 is 2.53 bits per heavy atom. The van der Waals surface area contributed by atoms with E-state index in [1.165, 1.54) is 0 Å². The second-order valence-electron chi connectivity index (χ2n) is 6.64. The molecule has 0 aliphatic carbocycles. The number of para-hydroxylation sites is 2. The van der Waals surface area contributed by atoms with Crippen molar-refractivity contribution < 1.29 is 14.3 Å². The van der Waals surface area contributed by atoms with Crippen molar-refractivity contribution >= 4 is 40.2 Å². The summed E-state index contributed by atoms with van der Waals surface area (Å²) in [5, 5.41) is 3.02. The number of hydrogen-bond acceptors (Lipinski definition) is 4. The van der Waals surface area contributed by atoms with Gasteiger partial charge in [-0.1, -0.05) is 41.9 Å². The second-order valence-corrected chi connectivity index (χ2v) is 7.04. The number of fused-ring (bicyclic) bond motifs is 1. The van der Waals surface area contributed by atoms with Gasteiger partial charge in [0, 0.05) is 5.69 Å². The summed E-state index contributed by atoms with van der Waals surface area (Å²) < 4.78 is 7.16. The molecular formula is C23H18ClN3O3. The number of carbonyl (C=O) groups is 2. The molecule has 0 saturated heterocycles. The molecule has 1 heterocycles. The normalized spacial score (nSPS) is 10.7. The summed E-state index contributed by atoms with van der Waals surface area (Å²) in [6.07, 6.45) is 0. The summed E-state index contributed by atoms with van der Waals surface area (Å²) in [6.45, 7) is 1.49. The van der Waals surface area contributed by atoms with Crippen molar-refractivity contribution in [2.24, 2.45) is 0 Å². The molecule has 30 heavy (non-hydrogen) atoms. The van der Waals surface area contributed by atoms with Gasteiger partial charge in [0.05, 0.1) is 27.3 Å². The fraction of sp³-hybridized carbons (Fsp3) is 0.0870. The number of aromatic nitrogens is 2. The van der Waals surface area contributed by atoms with Crippen molar-refractivity contribution in [2.75, 3.05) is 11.9 Å². The minimum atomic E-state index is -0.599. The number of rotatable bonds is 5. The molecule has 6 nitrogen and oxygen atoms in total. The molecule has 1 amide bonds. The van der Waals surface area contributed by atoms with Gasteiger partial charge in [0.25, 0.3) is 5.91 Å². The smallest absolute Gasteiger partial charge is 0.338 e. The largest absolute Gasteiger partial charge is 0.452 e. The quantitative estimate of drug-likeness (QED) is 0.472. The number of esters is 1. The van der Waals surface area contributed by atoms with Crippen molar-refractivity contribution in [3.8, 4) is 5.69 Å². The van der Waals surface area contributed by atoms with Crippen LogP contribution in [0.15, 0.2) is 72.8 Å². The van der Waals surface area contributed by atoms with Gasteiger partial charge < -0.3 is 10.1 Å². The minimum Gasteiger partial charge on any atom is -0.452 e. The van der Waals surface area contributed by atoms with E-state index < -0.39 is 18.5 Å². The fourth-order valence-electron chi connectivity index (χ4n) is 3.19. The summed E-state index contributed by atoms with van der Waals surface area (Å²) in [5.74, 6) is -0.263. The van der Waals surface area contributed by atoms with Crippen LogP contribution < -0.4 is 5.32 Å². The summed E-state index contributed by atoms with van der Waals surface area (Å²) in [5.41, 5.74) is 3.33. The number of halogens is 1. The van der Waals surface area contributed by atoms with Gasteiger partial charge in [-0.15, -0.1) is 0 Å². The number of ether oxygens (including phenoxy) is 1. The van der Waals surface area contributed by atoms with E-state index in [1.54, 1.807) is 36.4 Å². The lowest BCUT2D eigenvalue weighted by Gasteiger charge is -2.08. The third kappa shape index (κ3) is 4.04. The summed E-state index contributed by atoms with van der Waals surface area (Å²) in [4.78, 5) is 29.0. The SMILES string of the molecule is Cc1nc2cc(C(=O)OCC(=O)Nc3ccccc3Cl)ccc2n1-c1ccccc1. The Hall–Kier alpha value is -3.64. The second kappa shape index (κ2) is 8.39. The van der Waals surface area contributed by atoms with Gasteiger partial charge in [-0.05, 0) is 49.4 Å². The molecule has 0 fully saturated rings. The van der Waals surface area contributed by atoms with E-state index in [0.29, 0.717) is 21.8 Å². The molecule has 0 bridgehead atoms. The molecule has 1 N–H and O–H groups in total. The summed E-state index contributed by atoms with van der Waals surface area (Å²) >= 11 is 6.01. The number of nitrogens with zero attached hydrogens (tertiary/aromatic N) is 2. The molecule has 0 aliphatic rings. The molecule has 1 aromatic heterocycles. The van der Waals surface area contributed by atoms with Crippen LogP contribution in [0, 0.1) is 6.92 Å².